The van der Waals surface area contributed by atoms with Crippen molar-refractivity contribution >= 4 is 5.91 Å². The summed E-state index contributed by atoms with van der Waals surface area (Å²) in [6.45, 7) is -0.265. The predicted molar refractivity (Wildman–Crippen MR) is 103 cm³/mol. The zero-order valence-electron chi connectivity index (χ0n) is 17.0. The molecule has 1 aliphatic carbocycles. The lowest BCUT2D eigenvalue weighted by atomic mass is 9.91. The molecule has 1 saturated carbocycles. The number of halogens is 6. The summed E-state index contributed by atoms with van der Waals surface area (Å²) in [5.74, 6) is -1.49. The minimum atomic E-state index is -4.64. The van der Waals surface area contributed by atoms with Crippen LogP contribution in [-0.4, -0.2) is 23.8 Å². The molecule has 0 spiro atoms. The maximum absolute atomic E-state index is 13.3. The highest BCUT2D eigenvalue weighted by molar-refractivity contribution is 5.79. The van der Waals surface area contributed by atoms with Gasteiger partial charge in [-0.05, 0) is 61.2 Å². The number of carbonyl (C=O) groups excluding carboxylic acids is 1. The molecule has 1 atom stereocenters. The van der Waals surface area contributed by atoms with Crippen LogP contribution in [0.1, 0.15) is 49.3 Å². The number of aliphatic hydroxyl groups is 1. The summed E-state index contributed by atoms with van der Waals surface area (Å²) in [4.78, 5) is 12.6. The Bertz CT molecular complexity index is 969. The van der Waals surface area contributed by atoms with E-state index in [2.05, 4.69) is 10.1 Å². The van der Waals surface area contributed by atoms with Crippen LogP contribution in [0.15, 0.2) is 42.5 Å². The molecule has 10 heteroatoms. The highest BCUT2D eigenvalue weighted by Gasteiger charge is 2.47. The largest absolute Gasteiger partial charge is 0.484 e. The number of carbonyl (C=O) groups is 1. The van der Waals surface area contributed by atoms with E-state index in [1.54, 1.807) is 0 Å². The van der Waals surface area contributed by atoms with Crippen molar-refractivity contribution in [2.45, 2.75) is 49.9 Å². The summed E-state index contributed by atoms with van der Waals surface area (Å²) in [5.41, 5.74) is -2.70. The molecule has 1 amide bonds. The Hall–Kier alpha value is -2.75. The molecular formula is C22H21F6NO3. The number of hydrogen-bond acceptors (Lipinski definition) is 3. The molecule has 0 radical (unpaired) electrons. The van der Waals surface area contributed by atoms with Crippen molar-refractivity contribution in [1.82, 2.24) is 5.32 Å². The number of benzene rings is 2. The number of ether oxygens (including phenoxy) is 1. The second-order valence-corrected chi connectivity index (χ2v) is 8.08. The number of nitrogens with one attached hydrogen (secondary N) is 1. The average Bonchev–Trinajstić information content (AvgIpc) is 3.46. The van der Waals surface area contributed by atoms with Gasteiger partial charge in [0.2, 0.25) is 5.91 Å². The Morgan fingerprint density at radius 3 is 2.31 bits per heavy atom. The van der Waals surface area contributed by atoms with Gasteiger partial charge in [0.15, 0.2) is 6.61 Å². The molecule has 2 N–H and O–H groups in total. The van der Waals surface area contributed by atoms with E-state index < -0.39 is 54.1 Å². The van der Waals surface area contributed by atoms with Gasteiger partial charge in [-0.3, -0.25) is 4.79 Å². The lowest BCUT2D eigenvalue weighted by Crippen LogP contribution is -2.39. The van der Waals surface area contributed by atoms with Crippen molar-refractivity contribution < 1.29 is 41.0 Å². The fourth-order valence-electron chi connectivity index (χ4n) is 3.42. The lowest BCUT2D eigenvalue weighted by Gasteiger charge is -2.26. The molecule has 1 fully saturated rings. The minimum Gasteiger partial charge on any atom is -0.484 e. The molecule has 0 aromatic heterocycles. The van der Waals surface area contributed by atoms with Gasteiger partial charge in [-0.25, -0.2) is 13.2 Å². The van der Waals surface area contributed by atoms with E-state index >= 15 is 0 Å². The molecule has 3 rings (SSSR count). The Morgan fingerprint density at radius 2 is 1.78 bits per heavy atom. The van der Waals surface area contributed by atoms with Crippen molar-refractivity contribution in [3.05, 3.63) is 65.0 Å². The molecule has 2 aromatic carbocycles. The number of alkyl halides is 5. The molecule has 0 saturated heterocycles. The van der Waals surface area contributed by atoms with Crippen molar-refractivity contribution in [1.29, 1.82) is 0 Å². The van der Waals surface area contributed by atoms with Crippen molar-refractivity contribution in [2.24, 2.45) is 0 Å². The lowest BCUT2D eigenvalue weighted by molar-refractivity contribution is -0.153. The van der Waals surface area contributed by atoms with Gasteiger partial charge in [0, 0.05) is 5.56 Å². The first kappa shape index (κ1) is 23.9. The normalized spacial score (nSPS) is 17.0. The van der Waals surface area contributed by atoms with Crippen LogP contribution in [0.2, 0.25) is 0 Å². The zero-order valence-corrected chi connectivity index (χ0v) is 17.0. The third kappa shape index (κ3) is 5.93. The Balaban J connectivity index is 1.77. The van der Waals surface area contributed by atoms with E-state index in [0.29, 0.717) is 18.4 Å². The highest BCUT2D eigenvalue weighted by atomic mass is 19.4. The Morgan fingerprint density at radius 1 is 1.16 bits per heavy atom. The predicted octanol–water partition coefficient (Wildman–Crippen LogP) is 5.11. The molecule has 0 bridgehead atoms. The third-order valence-electron chi connectivity index (χ3n) is 5.24. The van der Waals surface area contributed by atoms with Crippen LogP contribution in [-0.2, 0) is 15.9 Å². The van der Waals surface area contributed by atoms with E-state index in [1.807, 2.05) is 0 Å². The van der Waals surface area contributed by atoms with Gasteiger partial charge in [-0.1, -0.05) is 12.1 Å². The van der Waals surface area contributed by atoms with Gasteiger partial charge in [0.05, 0.1) is 17.6 Å². The van der Waals surface area contributed by atoms with E-state index in [1.165, 1.54) is 25.1 Å². The summed E-state index contributed by atoms with van der Waals surface area (Å²) in [5, 5.41) is 13.3. The summed E-state index contributed by atoms with van der Waals surface area (Å²) in [6, 6.07) is 8.11. The maximum Gasteiger partial charge on any atom is 0.422 e. The minimum absolute atomic E-state index is 0.197. The molecule has 0 heterocycles. The second-order valence-electron chi connectivity index (χ2n) is 8.08. The average molecular weight is 461 g/mol. The summed E-state index contributed by atoms with van der Waals surface area (Å²) in [6.07, 6.45) is -7.23. The fraction of sp³-hybridized carbons (Fsp3) is 0.409. The number of amides is 1. The molecule has 1 unspecified atom stereocenters. The van der Waals surface area contributed by atoms with Crippen LogP contribution in [0.5, 0.6) is 5.75 Å². The van der Waals surface area contributed by atoms with Crippen molar-refractivity contribution in [2.75, 3.05) is 6.61 Å². The van der Waals surface area contributed by atoms with E-state index in [4.69, 9.17) is 0 Å². The van der Waals surface area contributed by atoms with Crippen molar-refractivity contribution in [3.8, 4) is 5.75 Å². The molecule has 32 heavy (non-hydrogen) atoms. The molecule has 174 valence electrons. The first-order valence-electron chi connectivity index (χ1n) is 9.72. The van der Waals surface area contributed by atoms with Crippen LogP contribution < -0.4 is 10.1 Å². The molecule has 4 nitrogen and oxygen atoms in total. The molecular weight excluding hydrogens is 440 g/mol. The van der Waals surface area contributed by atoms with Crippen LogP contribution in [0.3, 0.4) is 0 Å². The second kappa shape index (κ2) is 8.65. The van der Waals surface area contributed by atoms with Gasteiger partial charge in [0.25, 0.3) is 6.43 Å². The smallest absolute Gasteiger partial charge is 0.422 e. The van der Waals surface area contributed by atoms with Crippen LogP contribution in [0, 0.1) is 5.82 Å². The van der Waals surface area contributed by atoms with Crippen LogP contribution in [0.25, 0.3) is 0 Å². The number of rotatable bonds is 8. The van der Waals surface area contributed by atoms with Gasteiger partial charge >= 0.3 is 6.18 Å². The topological polar surface area (TPSA) is 58.6 Å². The third-order valence-corrected chi connectivity index (χ3v) is 5.24. The van der Waals surface area contributed by atoms with E-state index in [9.17, 15) is 36.2 Å². The summed E-state index contributed by atoms with van der Waals surface area (Å²) >= 11 is 0. The quantitative estimate of drug-likeness (QED) is 0.538. The Labute approximate surface area is 180 Å². The van der Waals surface area contributed by atoms with Gasteiger partial charge < -0.3 is 15.2 Å². The first-order valence-corrected chi connectivity index (χ1v) is 9.72. The summed E-state index contributed by atoms with van der Waals surface area (Å²) < 4.78 is 81.7. The SMILES string of the molecule is CC(O)(CC(=O)NC1(c2cc(OCC(F)(F)F)cc(C(F)F)c2)CC1)c1ccc(F)cc1. The Kier molecular flexibility index (Phi) is 6.46. The van der Waals surface area contributed by atoms with Gasteiger partial charge in [-0.15, -0.1) is 0 Å². The standard InChI is InChI=1S/C22H21F6NO3/c1-20(31,14-2-4-16(23)5-3-14)11-18(30)29-21(6-7-21)15-8-13(19(24)25)9-17(10-15)32-12-22(26,27)28/h2-5,8-10,19,31H,6-7,11-12H2,1H3,(H,29,30). The van der Waals surface area contributed by atoms with E-state index in [-0.39, 0.29) is 11.3 Å². The molecule has 1 aliphatic rings. The maximum atomic E-state index is 13.3. The monoisotopic (exact) mass is 461 g/mol. The van der Waals surface area contributed by atoms with Gasteiger partial charge in [-0.2, -0.15) is 13.2 Å². The highest BCUT2D eigenvalue weighted by Crippen LogP contribution is 2.47. The molecule has 2 aromatic rings. The van der Waals surface area contributed by atoms with Gasteiger partial charge in [0.1, 0.15) is 11.6 Å². The zero-order chi connectivity index (χ0) is 23.7. The number of hydrogen-bond donors (Lipinski definition) is 2. The van der Waals surface area contributed by atoms with Crippen LogP contribution in [0.4, 0.5) is 26.3 Å². The van der Waals surface area contributed by atoms with Crippen LogP contribution >= 0.6 is 0 Å². The molecule has 0 aliphatic heterocycles. The first-order chi connectivity index (χ1) is 14.8. The summed E-state index contributed by atoms with van der Waals surface area (Å²) in [7, 11) is 0. The van der Waals surface area contributed by atoms with E-state index in [0.717, 1.165) is 24.3 Å². The fourth-order valence-corrected chi connectivity index (χ4v) is 3.42. The van der Waals surface area contributed by atoms with Crippen molar-refractivity contribution in [3.63, 3.8) is 0 Å².